The first kappa shape index (κ1) is 26.2. The zero-order valence-electron chi connectivity index (χ0n) is 20.6. The van der Waals surface area contributed by atoms with Gasteiger partial charge in [-0.25, -0.2) is 15.0 Å². The Kier molecular flexibility index (Phi) is 7.80. The normalized spacial score (nSPS) is 12.4. The molecule has 1 atom stereocenters. The molecule has 11 heteroatoms. The van der Waals surface area contributed by atoms with Crippen LogP contribution in [0.25, 0.3) is 16.5 Å². The number of benzene rings is 1. The molecule has 0 saturated heterocycles. The van der Waals surface area contributed by atoms with Crippen molar-refractivity contribution in [2.45, 2.75) is 26.8 Å². The fourth-order valence-electron chi connectivity index (χ4n) is 4.01. The molecule has 4 N–H and O–H groups in total. The highest BCUT2D eigenvalue weighted by Crippen LogP contribution is 2.32. The average molecular weight is 537 g/mol. The molecule has 0 aliphatic heterocycles. The van der Waals surface area contributed by atoms with E-state index in [9.17, 15) is 9.59 Å². The van der Waals surface area contributed by atoms with E-state index in [4.69, 9.17) is 21.8 Å². The minimum atomic E-state index is -0.386. The number of aryl methyl sites for hydroxylation is 1. The highest BCUT2D eigenvalue weighted by atomic mass is 35.5. The fourth-order valence-corrected chi connectivity index (χ4v) is 4.44. The number of aromatic nitrogens is 3. The number of carbonyl (C=O) groups is 1. The lowest BCUT2D eigenvalue weighted by molar-refractivity contribution is 0.0980. The molecule has 0 saturated carbocycles. The largest absolute Gasteiger partial charge is 0.455 e. The van der Waals surface area contributed by atoms with Gasteiger partial charge in [0, 0.05) is 36.0 Å². The topological polar surface area (TPSA) is 136 Å². The number of anilines is 1. The molecule has 37 heavy (non-hydrogen) atoms. The highest BCUT2D eigenvalue weighted by molar-refractivity contribution is 7.97. The SMILES string of the molecule is CSNC(=O)c1nc(Cl)ccc1NC(C)c1cc(C)cc2c(=O)c(C)c(/C(=C/N)c3ncccn3)oc12. The standard InChI is InChI=1S/C26H25ClN6O3S/c1-13-10-16(15(3)31-19-6-7-20(27)32-21(19)26(35)33-37-4)24-17(11-13)22(34)14(2)23(36-24)18(12-28)25-29-8-5-9-30-25/h5-12,15,31H,28H2,1-4H3,(H,33,35)/b18-12-. The van der Waals surface area contributed by atoms with E-state index in [0.29, 0.717) is 39.2 Å². The van der Waals surface area contributed by atoms with Crippen LogP contribution in [0.4, 0.5) is 5.69 Å². The lowest BCUT2D eigenvalue weighted by Crippen LogP contribution is -2.20. The second-order valence-electron chi connectivity index (χ2n) is 8.30. The molecule has 0 aliphatic rings. The van der Waals surface area contributed by atoms with Gasteiger partial charge < -0.3 is 15.5 Å². The van der Waals surface area contributed by atoms with Gasteiger partial charge in [0.25, 0.3) is 5.91 Å². The van der Waals surface area contributed by atoms with Crippen molar-refractivity contribution < 1.29 is 9.21 Å². The first-order valence-electron chi connectivity index (χ1n) is 11.3. The Labute approximate surface area is 222 Å². The van der Waals surface area contributed by atoms with E-state index in [1.54, 1.807) is 49.8 Å². The van der Waals surface area contributed by atoms with Crippen molar-refractivity contribution >= 4 is 51.7 Å². The molecule has 0 radical (unpaired) electrons. The molecule has 1 amide bonds. The molecule has 1 aromatic carbocycles. The van der Waals surface area contributed by atoms with Crippen LogP contribution < -0.4 is 21.2 Å². The number of carbonyl (C=O) groups excluding carboxylic acids is 1. The monoisotopic (exact) mass is 536 g/mol. The minimum absolute atomic E-state index is 0.151. The second kappa shape index (κ2) is 11.0. The molecule has 0 aliphatic carbocycles. The van der Waals surface area contributed by atoms with Crippen LogP contribution >= 0.6 is 23.5 Å². The molecule has 4 aromatic rings. The number of pyridine rings is 1. The highest BCUT2D eigenvalue weighted by Gasteiger charge is 2.23. The van der Waals surface area contributed by atoms with E-state index in [2.05, 4.69) is 25.0 Å². The third-order valence-electron chi connectivity index (χ3n) is 5.72. The van der Waals surface area contributed by atoms with Crippen LogP contribution in [0.3, 0.4) is 0 Å². The maximum atomic E-state index is 13.5. The molecule has 9 nitrogen and oxygen atoms in total. The summed E-state index contributed by atoms with van der Waals surface area (Å²) in [5.41, 5.74) is 9.17. The number of fused-ring (bicyclic) bond motifs is 1. The summed E-state index contributed by atoms with van der Waals surface area (Å²) < 4.78 is 9.04. The first-order valence-corrected chi connectivity index (χ1v) is 12.9. The van der Waals surface area contributed by atoms with Gasteiger partial charge in [-0.2, -0.15) is 0 Å². The summed E-state index contributed by atoms with van der Waals surface area (Å²) >= 11 is 7.22. The Morgan fingerprint density at radius 1 is 1.22 bits per heavy atom. The minimum Gasteiger partial charge on any atom is -0.455 e. The van der Waals surface area contributed by atoms with E-state index in [0.717, 1.165) is 17.5 Å². The maximum Gasteiger partial charge on any atom is 0.281 e. The van der Waals surface area contributed by atoms with E-state index < -0.39 is 0 Å². The third-order valence-corrected chi connectivity index (χ3v) is 6.32. The van der Waals surface area contributed by atoms with Crippen LogP contribution in [-0.4, -0.2) is 27.1 Å². The van der Waals surface area contributed by atoms with Gasteiger partial charge in [0.2, 0.25) is 0 Å². The number of nitrogens with zero attached hydrogens (tertiary/aromatic N) is 3. The number of nitrogens with two attached hydrogens (primary N) is 1. The Balaban J connectivity index is 1.86. The van der Waals surface area contributed by atoms with Crippen LogP contribution in [0.15, 0.2) is 58.1 Å². The molecule has 0 bridgehead atoms. The van der Waals surface area contributed by atoms with Gasteiger partial charge in [-0.05, 0) is 50.6 Å². The number of nitrogens with one attached hydrogen (secondary N) is 2. The summed E-state index contributed by atoms with van der Waals surface area (Å²) in [6.45, 7) is 5.49. The van der Waals surface area contributed by atoms with E-state index >= 15 is 0 Å². The van der Waals surface area contributed by atoms with Crippen LogP contribution in [0, 0.1) is 13.8 Å². The second-order valence-corrected chi connectivity index (χ2v) is 9.30. The molecular weight excluding hydrogens is 512 g/mol. The van der Waals surface area contributed by atoms with Crippen LogP contribution in [0.1, 0.15) is 51.7 Å². The van der Waals surface area contributed by atoms with Crippen molar-refractivity contribution in [1.29, 1.82) is 0 Å². The summed E-state index contributed by atoms with van der Waals surface area (Å²) in [6.07, 6.45) is 6.25. The summed E-state index contributed by atoms with van der Waals surface area (Å²) in [6, 6.07) is 8.31. The number of hydrogen-bond donors (Lipinski definition) is 3. The molecule has 3 aromatic heterocycles. The molecule has 4 rings (SSSR count). The lowest BCUT2D eigenvalue weighted by atomic mass is 9.98. The van der Waals surface area contributed by atoms with Gasteiger partial charge in [0.15, 0.2) is 16.9 Å². The van der Waals surface area contributed by atoms with Crippen molar-refractivity contribution in [3.05, 3.63) is 98.3 Å². The van der Waals surface area contributed by atoms with Crippen LogP contribution in [-0.2, 0) is 0 Å². The molecule has 1 unspecified atom stereocenters. The molecule has 3 heterocycles. The van der Waals surface area contributed by atoms with Crippen molar-refractivity contribution in [3.8, 4) is 0 Å². The lowest BCUT2D eigenvalue weighted by Gasteiger charge is -2.20. The van der Waals surface area contributed by atoms with Gasteiger partial charge in [-0.15, -0.1) is 0 Å². The number of halogens is 1. The molecule has 0 spiro atoms. The van der Waals surface area contributed by atoms with Gasteiger partial charge in [-0.1, -0.05) is 29.6 Å². The Morgan fingerprint density at radius 2 is 1.95 bits per heavy atom. The predicted octanol–water partition coefficient (Wildman–Crippen LogP) is 4.78. The number of amides is 1. The predicted molar refractivity (Wildman–Crippen MR) is 148 cm³/mol. The third kappa shape index (κ3) is 5.30. The number of rotatable bonds is 7. The first-order chi connectivity index (χ1) is 17.7. The van der Waals surface area contributed by atoms with E-state index in [-0.39, 0.29) is 34.0 Å². The van der Waals surface area contributed by atoms with Gasteiger partial charge in [-0.3, -0.25) is 14.3 Å². The summed E-state index contributed by atoms with van der Waals surface area (Å²) in [7, 11) is 0. The van der Waals surface area contributed by atoms with Crippen LogP contribution in [0.5, 0.6) is 0 Å². The molecule has 190 valence electrons. The zero-order chi connectivity index (χ0) is 26.7. The van der Waals surface area contributed by atoms with Crippen molar-refractivity contribution in [1.82, 2.24) is 19.7 Å². The van der Waals surface area contributed by atoms with E-state index in [1.165, 1.54) is 6.20 Å². The summed E-state index contributed by atoms with van der Waals surface area (Å²) in [4.78, 5) is 38.8. The molecular formula is C26H25ClN6O3S. The van der Waals surface area contributed by atoms with Gasteiger partial charge >= 0.3 is 0 Å². The molecule has 0 fully saturated rings. The Hall–Kier alpha value is -3.89. The Morgan fingerprint density at radius 3 is 2.62 bits per heavy atom. The maximum absolute atomic E-state index is 13.5. The van der Waals surface area contributed by atoms with E-state index in [1.807, 2.05) is 19.9 Å². The smallest absolute Gasteiger partial charge is 0.281 e. The van der Waals surface area contributed by atoms with Crippen molar-refractivity contribution in [3.63, 3.8) is 0 Å². The van der Waals surface area contributed by atoms with Gasteiger partial charge in [0.1, 0.15) is 16.5 Å². The summed E-state index contributed by atoms with van der Waals surface area (Å²) in [5.74, 6) is 0.243. The fraction of sp³-hybridized carbons (Fsp3) is 0.192. The van der Waals surface area contributed by atoms with Crippen molar-refractivity contribution in [2.24, 2.45) is 5.73 Å². The van der Waals surface area contributed by atoms with Crippen molar-refractivity contribution in [2.75, 3.05) is 11.6 Å². The zero-order valence-corrected chi connectivity index (χ0v) is 22.2. The summed E-state index contributed by atoms with van der Waals surface area (Å²) in [5, 5.41) is 3.95. The quantitative estimate of drug-likeness (QED) is 0.225. The van der Waals surface area contributed by atoms with Gasteiger partial charge in [0.05, 0.1) is 22.7 Å². The average Bonchev–Trinajstić information content (AvgIpc) is 2.89. The van der Waals surface area contributed by atoms with Crippen LogP contribution in [0.2, 0.25) is 5.15 Å². The number of hydrogen-bond acceptors (Lipinski definition) is 9. The Bertz CT molecular complexity index is 1570.